The summed E-state index contributed by atoms with van der Waals surface area (Å²) in [5, 5.41) is 7.89. The molecule has 1 amide bonds. The highest BCUT2D eigenvalue weighted by molar-refractivity contribution is 8.00. The summed E-state index contributed by atoms with van der Waals surface area (Å²) in [5.74, 6) is -0.366. The number of hydrogen-bond donors (Lipinski definition) is 2. The van der Waals surface area contributed by atoms with E-state index < -0.39 is 10.0 Å². The van der Waals surface area contributed by atoms with Crippen molar-refractivity contribution < 1.29 is 17.6 Å². The predicted octanol–water partition coefficient (Wildman–Crippen LogP) is 2.44. The van der Waals surface area contributed by atoms with Gasteiger partial charge in [-0.15, -0.1) is 11.8 Å². The molecule has 8 heteroatoms. The van der Waals surface area contributed by atoms with Crippen LogP contribution in [0.5, 0.6) is 0 Å². The van der Waals surface area contributed by atoms with Crippen molar-refractivity contribution in [3.05, 3.63) is 59.9 Å². The second-order valence-corrected chi connectivity index (χ2v) is 7.76. The Morgan fingerprint density at radius 2 is 1.92 bits per heavy atom. The predicted molar refractivity (Wildman–Crippen MR) is 91.5 cm³/mol. The molecular weight excluding hydrogens is 351 g/mol. The Morgan fingerprint density at radius 1 is 1.25 bits per heavy atom. The van der Waals surface area contributed by atoms with E-state index in [0.717, 1.165) is 4.90 Å². The van der Waals surface area contributed by atoms with Gasteiger partial charge in [-0.1, -0.05) is 12.1 Å². The number of benzene rings is 2. The van der Waals surface area contributed by atoms with Gasteiger partial charge in [-0.25, -0.2) is 17.9 Å². The van der Waals surface area contributed by atoms with Gasteiger partial charge in [-0.3, -0.25) is 4.79 Å². The highest BCUT2D eigenvalue weighted by Crippen LogP contribution is 2.19. The van der Waals surface area contributed by atoms with Gasteiger partial charge >= 0.3 is 0 Å². The number of carbonyl (C=O) groups is 1. The maximum atomic E-state index is 12.8. The molecular formula is C16H17FN2O3S2. The van der Waals surface area contributed by atoms with Crippen molar-refractivity contribution in [3.8, 4) is 0 Å². The molecule has 24 heavy (non-hydrogen) atoms. The third-order valence-corrected chi connectivity index (χ3v) is 5.17. The number of nitrogens with one attached hydrogen (secondary N) is 1. The summed E-state index contributed by atoms with van der Waals surface area (Å²) in [6.07, 6.45) is 0. The smallest absolute Gasteiger partial charge is 0.238 e. The van der Waals surface area contributed by atoms with Crippen LogP contribution in [0.3, 0.4) is 0 Å². The van der Waals surface area contributed by atoms with Gasteiger partial charge in [0.15, 0.2) is 0 Å². The Hall–Kier alpha value is -1.90. The van der Waals surface area contributed by atoms with Crippen LogP contribution in [0.15, 0.2) is 58.3 Å². The second-order valence-electron chi connectivity index (χ2n) is 5.15. The summed E-state index contributed by atoms with van der Waals surface area (Å²) in [6, 6.07) is 11.6. The van der Waals surface area contributed by atoms with Crippen molar-refractivity contribution in [2.45, 2.75) is 22.8 Å². The lowest BCUT2D eigenvalue weighted by Crippen LogP contribution is -2.28. The molecule has 0 aliphatic heterocycles. The fraction of sp³-hybridized carbons (Fsp3) is 0.188. The lowest BCUT2D eigenvalue weighted by Gasteiger charge is -2.15. The first-order chi connectivity index (χ1) is 11.3. The second kappa shape index (κ2) is 7.78. The summed E-state index contributed by atoms with van der Waals surface area (Å²) in [5.41, 5.74) is 0.640. The SMILES string of the molecule is CC(NC(=O)CSc1ccc(F)cc1)c1cccc(S(N)(=O)=O)c1. The van der Waals surface area contributed by atoms with Gasteiger partial charge in [0, 0.05) is 4.90 Å². The normalized spacial score (nSPS) is 12.6. The van der Waals surface area contributed by atoms with E-state index in [2.05, 4.69) is 5.32 Å². The van der Waals surface area contributed by atoms with Gasteiger partial charge in [0.2, 0.25) is 15.9 Å². The molecule has 2 aromatic rings. The molecule has 1 atom stereocenters. The number of amides is 1. The Kier molecular flexibility index (Phi) is 5.98. The van der Waals surface area contributed by atoms with Gasteiger partial charge < -0.3 is 5.32 Å². The lowest BCUT2D eigenvalue weighted by atomic mass is 10.1. The monoisotopic (exact) mass is 368 g/mol. The number of thioether (sulfide) groups is 1. The van der Waals surface area contributed by atoms with Gasteiger partial charge in [0.05, 0.1) is 16.7 Å². The maximum Gasteiger partial charge on any atom is 0.238 e. The topological polar surface area (TPSA) is 89.3 Å². The molecule has 1 unspecified atom stereocenters. The van der Waals surface area contributed by atoms with Crippen molar-refractivity contribution >= 4 is 27.7 Å². The van der Waals surface area contributed by atoms with E-state index in [1.54, 1.807) is 31.2 Å². The first kappa shape index (κ1) is 18.4. The molecule has 0 radical (unpaired) electrons. The lowest BCUT2D eigenvalue weighted by molar-refractivity contribution is -0.119. The number of nitrogens with two attached hydrogens (primary N) is 1. The fourth-order valence-corrected chi connectivity index (χ4v) is 3.29. The Balaban J connectivity index is 1.95. The van der Waals surface area contributed by atoms with Gasteiger partial charge in [-0.05, 0) is 48.9 Å². The standard InChI is InChI=1S/C16H17FN2O3S2/c1-11(12-3-2-4-15(9-12)24(18,21)22)19-16(20)10-23-14-7-5-13(17)6-8-14/h2-9,11H,10H2,1H3,(H,19,20)(H2,18,21,22). The molecule has 0 aromatic heterocycles. The Labute approximate surface area is 144 Å². The zero-order valence-corrected chi connectivity index (χ0v) is 14.5. The van der Waals surface area contributed by atoms with Crippen LogP contribution >= 0.6 is 11.8 Å². The highest BCUT2D eigenvalue weighted by atomic mass is 32.2. The van der Waals surface area contributed by atoms with Gasteiger partial charge in [0.25, 0.3) is 0 Å². The van der Waals surface area contributed by atoms with Crippen molar-refractivity contribution in [1.29, 1.82) is 0 Å². The summed E-state index contributed by atoms with van der Waals surface area (Å²) in [6.45, 7) is 1.75. The van der Waals surface area contributed by atoms with Crippen molar-refractivity contribution in [2.24, 2.45) is 5.14 Å². The van der Waals surface area contributed by atoms with Crippen molar-refractivity contribution in [1.82, 2.24) is 5.32 Å². The van der Waals surface area contributed by atoms with E-state index in [1.165, 1.54) is 36.0 Å². The van der Waals surface area contributed by atoms with Crippen molar-refractivity contribution in [3.63, 3.8) is 0 Å². The van der Waals surface area contributed by atoms with Gasteiger partial charge in [-0.2, -0.15) is 0 Å². The third kappa shape index (κ3) is 5.33. The van der Waals surface area contributed by atoms with E-state index in [9.17, 15) is 17.6 Å². The molecule has 2 aromatic carbocycles. The molecule has 0 spiro atoms. The first-order valence-corrected chi connectivity index (χ1v) is 9.59. The van der Waals surface area contributed by atoms with Gasteiger partial charge in [0.1, 0.15) is 5.82 Å². The number of primary sulfonamides is 1. The number of halogens is 1. The molecule has 0 heterocycles. The molecule has 0 saturated carbocycles. The third-order valence-electron chi connectivity index (χ3n) is 3.25. The number of hydrogen-bond acceptors (Lipinski definition) is 4. The number of sulfonamides is 1. The Bertz CT molecular complexity index is 823. The van der Waals surface area contributed by atoms with Crippen molar-refractivity contribution in [2.75, 3.05) is 5.75 Å². The van der Waals surface area contributed by atoms with Crippen LogP contribution in [-0.2, 0) is 14.8 Å². The molecule has 0 fully saturated rings. The molecule has 2 rings (SSSR count). The van der Waals surface area contributed by atoms with Crippen LogP contribution < -0.4 is 10.5 Å². The quantitative estimate of drug-likeness (QED) is 0.767. The molecule has 0 aliphatic carbocycles. The maximum absolute atomic E-state index is 12.8. The molecule has 5 nitrogen and oxygen atoms in total. The van der Waals surface area contributed by atoms with Crippen LogP contribution in [0.4, 0.5) is 4.39 Å². The highest BCUT2D eigenvalue weighted by Gasteiger charge is 2.13. The zero-order chi connectivity index (χ0) is 17.7. The molecule has 0 bridgehead atoms. The average molecular weight is 368 g/mol. The van der Waals surface area contributed by atoms with E-state index in [-0.39, 0.29) is 28.4 Å². The summed E-state index contributed by atoms with van der Waals surface area (Å²) < 4.78 is 35.6. The van der Waals surface area contributed by atoms with Crippen LogP contribution in [0.2, 0.25) is 0 Å². The average Bonchev–Trinajstić information content (AvgIpc) is 2.53. The van der Waals surface area contributed by atoms with E-state index in [0.29, 0.717) is 5.56 Å². The van der Waals surface area contributed by atoms with E-state index in [4.69, 9.17) is 5.14 Å². The van der Waals surface area contributed by atoms with Crippen LogP contribution in [0.1, 0.15) is 18.5 Å². The number of rotatable bonds is 6. The summed E-state index contributed by atoms with van der Waals surface area (Å²) in [4.78, 5) is 12.8. The molecule has 128 valence electrons. The van der Waals surface area contributed by atoms with Crippen LogP contribution in [-0.4, -0.2) is 20.1 Å². The van der Waals surface area contributed by atoms with Crippen LogP contribution in [0, 0.1) is 5.82 Å². The number of carbonyl (C=O) groups excluding carboxylic acids is 1. The minimum Gasteiger partial charge on any atom is -0.349 e. The summed E-state index contributed by atoms with van der Waals surface area (Å²) in [7, 11) is -3.78. The Morgan fingerprint density at radius 3 is 2.54 bits per heavy atom. The molecule has 3 N–H and O–H groups in total. The molecule has 0 aliphatic rings. The van der Waals surface area contributed by atoms with E-state index in [1.807, 2.05) is 0 Å². The minimum absolute atomic E-state index is 0.00165. The fourth-order valence-electron chi connectivity index (χ4n) is 2.01. The minimum atomic E-state index is -3.78. The zero-order valence-electron chi connectivity index (χ0n) is 12.9. The van der Waals surface area contributed by atoms with E-state index >= 15 is 0 Å². The summed E-state index contributed by atoms with van der Waals surface area (Å²) >= 11 is 1.29. The first-order valence-electron chi connectivity index (χ1n) is 7.06. The van der Waals surface area contributed by atoms with Crippen LogP contribution in [0.25, 0.3) is 0 Å². The largest absolute Gasteiger partial charge is 0.349 e. The molecule has 0 saturated heterocycles.